The predicted octanol–water partition coefficient (Wildman–Crippen LogP) is 0.531. The van der Waals surface area contributed by atoms with Crippen LogP contribution in [0, 0.1) is 0 Å². The van der Waals surface area contributed by atoms with Crippen molar-refractivity contribution in [3.8, 4) is 5.75 Å². The van der Waals surface area contributed by atoms with E-state index in [9.17, 15) is 5.11 Å². The molecule has 1 unspecified atom stereocenters. The van der Waals surface area contributed by atoms with Crippen LogP contribution in [0.4, 0.5) is 0 Å². The molecule has 0 saturated carbocycles. The van der Waals surface area contributed by atoms with E-state index < -0.39 is 6.10 Å². The van der Waals surface area contributed by atoms with Gasteiger partial charge in [0.05, 0.1) is 6.61 Å². The van der Waals surface area contributed by atoms with Crippen molar-refractivity contribution in [3.05, 3.63) is 29.8 Å². The first-order chi connectivity index (χ1) is 7.26. The molecule has 1 aromatic rings. The fourth-order valence-electron chi connectivity index (χ4n) is 1.15. The lowest BCUT2D eigenvalue weighted by Gasteiger charge is -2.11. The number of nitrogens with two attached hydrogens (primary N) is 1. The molecule has 3 N–H and O–H groups in total. The van der Waals surface area contributed by atoms with Gasteiger partial charge in [0.25, 0.3) is 0 Å². The minimum Gasteiger partial charge on any atom is -0.491 e. The Labute approximate surface area is 89.6 Å². The van der Waals surface area contributed by atoms with E-state index >= 15 is 0 Å². The molecule has 0 fully saturated rings. The summed E-state index contributed by atoms with van der Waals surface area (Å²) in [6.07, 6.45) is -0.593. The van der Waals surface area contributed by atoms with Gasteiger partial charge in [0, 0.05) is 13.7 Å². The first kappa shape index (κ1) is 12.0. The zero-order chi connectivity index (χ0) is 11.1. The third kappa shape index (κ3) is 4.29. The predicted molar refractivity (Wildman–Crippen MR) is 57.7 cm³/mol. The summed E-state index contributed by atoms with van der Waals surface area (Å²) in [4.78, 5) is 0. The largest absolute Gasteiger partial charge is 0.491 e. The number of aliphatic hydroxyl groups excluding tert-OH is 1. The molecule has 0 aliphatic heterocycles. The third-order valence-electron chi connectivity index (χ3n) is 1.96. The van der Waals surface area contributed by atoms with E-state index in [1.807, 2.05) is 24.3 Å². The van der Waals surface area contributed by atoms with Crippen molar-refractivity contribution in [1.29, 1.82) is 0 Å². The molecule has 1 aromatic carbocycles. The van der Waals surface area contributed by atoms with E-state index in [0.29, 0.717) is 6.54 Å². The first-order valence-corrected chi connectivity index (χ1v) is 4.85. The SMILES string of the molecule is COCC(O)COc1ccc(CN)cc1. The van der Waals surface area contributed by atoms with Gasteiger partial charge in [0.1, 0.15) is 18.5 Å². The minimum atomic E-state index is -0.593. The Morgan fingerprint density at radius 1 is 1.27 bits per heavy atom. The molecule has 4 heteroatoms. The fourth-order valence-corrected chi connectivity index (χ4v) is 1.15. The lowest BCUT2D eigenvalue weighted by atomic mass is 10.2. The van der Waals surface area contributed by atoms with E-state index in [4.69, 9.17) is 15.2 Å². The standard InChI is InChI=1S/C11H17NO3/c1-14-7-10(13)8-15-11-4-2-9(6-12)3-5-11/h2-5,10,13H,6-8,12H2,1H3. The van der Waals surface area contributed by atoms with Crippen molar-refractivity contribution >= 4 is 0 Å². The van der Waals surface area contributed by atoms with Crippen LogP contribution in [0.15, 0.2) is 24.3 Å². The Balaban J connectivity index is 2.37. The van der Waals surface area contributed by atoms with Gasteiger partial charge < -0.3 is 20.3 Å². The average Bonchev–Trinajstić information content (AvgIpc) is 2.27. The Morgan fingerprint density at radius 3 is 2.47 bits per heavy atom. The van der Waals surface area contributed by atoms with Crippen molar-refractivity contribution < 1.29 is 14.6 Å². The van der Waals surface area contributed by atoms with Crippen LogP contribution in [0.25, 0.3) is 0 Å². The van der Waals surface area contributed by atoms with Crippen LogP contribution in [0.1, 0.15) is 5.56 Å². The highest BCUT2D eigenvalue weighted by molar-refractivity contribution is 5.27. The Bertz CT molecular complexity index is 274. The highest BCUT2D eigenvalue weighted by Gasteiger charge is 2.03. The molecule has 0 aliphatic carbocycles. The number of benzene rings is 1. The number of hydrogen-bond acceptors (Lipinski definition) is 4. The van der Waals surface area contributed by atoms with Crippen molar-refractivity contribution in [3.63, 3.8) is 0 Å². The van der Waals surface area contributed by atoms with Gasteiger partial charge in [0.15, 0.2) is 0 Å². The molecule has 0 saturated heterocycles. The second-order valence-corrected chi connectivity index (χ2v) is 3.27. The number of rotatable bonds is 6. The summed E-state index contributed by atoms with van der Waals surface area (Å²) in [6.45, 7) is 1.03. The third-order valence-corrected chi connectivity index (χ3v) is 1.96. The van der Waals surface area contributed by atoms with Crippen molar-refractivity contribution in [1.82, 2.24) is 0 Å². The van der Waals surface area contributed by atoms with E-state index in [1.165, 1.54) is 0 Å². The quantitative estimate of drug-likeness (QED) is 0.720. The molecule has 0 spiro atoms. The molecule has 4 nitrogen and oxygen atoms in total. The second-order valence-electron chi connectivity index (χ2n) is 3.27. The monoisotopic (exact) mass is 211 g/mol. The number of hydrogen-bond donors (Lipinski definition) is 2. The highest BCUT2D eigenvalue weighted by Crippen LogP contribution is 2.11. The van der Waals surface area contributed by atoms with Gasteiger partial charge in [-0.15, -0.1) is 0 Å². The highest BCUT2D eigenvalue weighted by atomic mass is 16.5. The number of methoxy groups -OCH3 is 1. The van der Waals surface area contributed by atoms with Gasteiger partial charge in [-0.25, -0.2) is 0 Å². The van der Waals surface area contributed by atoms with E-state index in [0.717, 1.165) is 11.3 Å². The maximum atomic E-state index is 9.34. The summed E-state index contributed by atoms with van der Waals surface area (Å²) in [5, 5.41) is 9.34. The first-order valence-electron chi connectivity index (χ1n) is 4.85. The summed E-state index contributed by atoms with van der Waals surface area (Å²) >= 11 is 0. The molecular formula is C11H17NO3. The molecule has 0 bridgehead atoms. The molecule has 1 rings (SSSR count). The van der Waals surface area contributed by atoms with Crippen LogP contribution < -0.4 is 10.5 Å². The maximum absolute atomic E-state index is 9.34. The summed E-state index contributed by atoms with van der Waals surface area (Å²) in [6, 6.07) is 7.47. The normalized spacial score (nSPS) is 12.5. The van der Waals surface area contributed by atoms with Crippen LogP contribution in [0.2, 0.25) is 0 Å². The minimum absolute atomic E-state index is 0.232. The lowest BCUT2D eigenvalue weighted by molar-refractivity contribution is 0.0325. The second kappa shape index (κ2) is 6.40. The van der Waals surface area contributed by atoms with Crippen molar-refractivity contribution in [2.75, 3.05) is 20.3 Å². The summed E-state index contributed by atoms with van der Waals surface area (Å²) in [7, 11) is 1.54. The van der Waals surface area contributed by atoms with Crippen LogP contribution >= 0.6 is 0 Å². The van der Waals surface area contributed by atoms with Crippen molar-refractivity contribution in [2.24, 2.45) is 5.73 Å². The van der Waals surface area contributed by atoms with Gasteiger partial charge >= 0.3 is 0 Å². The van der Waals surface area contributed by atoms with Crippen molar-refractivity contribution in [2.45, 2.75) is 12.6 Å². The maximum Gasteiger partial charge on any atom is 0.119 e. The number of ether oxygens (including phenoxy) is 2. The van der Waals surface area contributed by atoms with Crippen LogP contribution in [0.3, 0.4) is 0 Å². The molecule has 15 heavy (non-hydrogen) atoms. The Hall–Kier alpha value is -1.10. The molecule has 1 atom stereocenters. The topological polar surface area (TPSA) is 64.7 Å². The molecule has 84 valence electrons. The smallest absolute Gasteiger partial charge is 0.119 e. The van der Waals surface area contributed by atoms with Crippen LogP contribution in [-0.4, -0.2) is 31.5 Å². The average molecular weight is 211 g/mol. The molecule has 0 amide bonds. The summed E-state index contributed by atoms with van der Waals surface area (Å²) in [5.74, 6) is 0.724. The molecule has 0 aromatic heterocycles. The van der Waals surface area contributed by atoms with E-state index in [-0.39, 0.29) is 13.2 Å². The lowest BCUT2D eigenvalue weighted by Crippen LogP contribution is -2.22. The summed E-state index contributed by atoms with van der Waals surface area (Å²) < 4.78 is 10.1. The van der Waals surface area contributed by atoms with Gasteiger partial charge in [-0.1, -0.05) is 12.1 Å². The van der Waals surface area contributed by atoms with Gasteiger partial charge in [-0.05, 0) is 17.7 Å². The van der Waals surface area contributed by atoms with Crippen LogP contribution in [0.5, 0.6) is 5.75 Å². The van der Waals surface area contributed by atoms with Gasteiger partial charge in [-0.2, -0.15) is 0 Å². The van der Waals surface area contributed by atoms with Gasteiger partial charge in [-0.3, -0.25) is 0 Å². The Kier molecular flexibility index (Phi) is 5.10. The molecular weight excluding hydrogens is 194 g/mol. The Morgan fingerprint density at radius 2 is 1.93 bits per heavy atom. The molecule has 0 radical (unpaired) electrons. The molecule has 0 heterocycles. The zero-order valence-corrected chi connectivity index (χ0v) is 8.85. The summed E-state index contributed by atoms with van der Waals surface area (Å²) in [5.41, 5.74) is 6.52. The number of aliphatic hydroxyl groups is 1. The zero-order valence-electron chi connectivity index (χ0n) is 8.85. The fraction of sp³-hybridized carbons (Fsp3) is 0.455. The molecule has 0 aliphatic rings. The van der Waals surface area contributed by atoms with E-state index in [2.05, 4.69) is 0 Å². The van der Waals surface area contributed by atoms with E-state index in [1.54, 1.807) is 7.11 Å². The van der Waals surface area contributed by atoms with Gasteiger partial charge in [0.2, 0.25) is 0 Å². The van der Waals surface area contributed by atoms with Crippen LogP contribution in [-0.2, 0) is 11.3 Å².